The lowest BCUT2D eigenvalue weighted by atomic mass is 9.99. The van der Waals surface area contributed by atoms with Crippen LogP contribution in [-0.4, -0.2) is 35.0 Å². The zero-order valence-corrected chi connectivity index (χ0v) is 18.6. The third-order valence-corrected chi connectivity index (χ3v) is 5.25. The SMILES string of the molecule is Cl.Cl.O=C(c1cccc(-c2ccc(F)cc2)c1)N1CCCCC1COc1cccnc1. The molecule has 1 saturated heterocycles. The number of amides is 1. The highest BCUT2D eigenvalue weighted by Crippen LogP contribution is 2.24. The van der Waals surface area contributed by atoms with Crippen molar-refractivity contribution in [2.75, 3.05) is 13.2 Å². The zero-order valence-electron chi connectivity index (χ0n) is 16.9. The summed E-state index contributed by atoms with van der Waals surface area (Å²) in [6.45, 7) is 1.18. The van der Waals surface area contributed by atoms with Gasteiger partial charge in [-0.3, -0.25) is 9.78 Å². The van der Waals surface area contributed by atoms with E-state index in [4.69, 9.17) is 4.74 Å². The van der Waals surface area contributed by atoms with Crippen LogP contribution in [0.25, 0.3) is 11.1 Å². The summed E-state index contributed by atoms with van der Waals surface area (Å²) in [4.78, 5) is 19.2. The van der Waals surface area contributed by atoms with Gasteiger partial charge >= 0.3 is 0 Å². The van der Waals surface area contributed by atoms with Crippen LogP contribution in [0.15, 0.2) is 73.1 Å². The molecule has 1 aliphatic rings. The van der Waals surface area contributed by atoms with E-state index in [9.17, 15) is 9.18 Å². The second-order valence-electron chi connectivity index (χ2n) is 7.24. The van der Waals surface area contributed by atoms with Crippen LogP contribution in [0.2, 0.25) is 0 Å². The predicted molar refractivity (Wildman–Crippen MR) is 125 cm³/mol. The molecule has 1 aliphatic heterocycles. The van der Waals surface area contributed by atoms with Crippen molar-refractivity contribution in [2.24, 2.45) is 0 Å². The summed E-state index contributed by atoms with van der Waals surface area (Å²) in [6.07, 6.45) is 6.38. The van der Waals surface area contributed by atoms with Gasteiger partial charge < -0.3 is 9.64 Å². The van der Waals surface area contributed by atoms with Crippen LogP contribution in [0.5, 0.6) is 5.75 Å². The van der Waals surface area contributed by atoms with Crippen LogP contribution in [0.3, 0.4) is 0 Å². The van der Waals surface area contributed by atoms with E-state index in [1.165, 1.54) is 12.1 Å². The monoisotopic (exact) mass is 462 g/mol. The van der Waals surface area contributed by atoms with Gasteiger partial charge in [0.2, 0.25) is 0 Å². The van der Waals surface area contributed by atoms with E-state index in [1.54, 1.807) is 24.5 Å². The molecule has 1 aromatic heterocycles. The molecular formula is C24H25Cl2FN2O2. The van der Waals surface area contributed by atoms with E-state index in [2.05, 4.69) is 4.98 Å². The Morgan fingerprint density at radius 3 is 2.58 bits per heavy atom. The molecule has 1 atom stereocenters. The number of hydrogen-bond donors (Lipinski definition) is 0. The molecule has 0 saturated carbocycles. The molecule has 1 fully saturated rings. The van der Waals surface area contributed by atoms with Gasteiger partial charge in [-0.2, -0.15) is 0 Å². The Morgan fingerprint density at radius 1 is 1.03 bits per heavy atom. The van der Waals surface area contributed by atoms with Crippen molar-refractivity contribution < 1.29 is 13.9 Å². The molecule has 4 nitrogen and oxygen atoms in total. The van der Waals surface area contributed by atoms with E-state index in [0.717, 1.165) is 36.9 Å². The fourth-order valence-electron chi connectivity index (χ4n) is 3.71. The van der Waals surface area contributed by atoms with Crippen LogP contribution >= 0.6 is 24.8 Å². The molecule has 31 heavy (non-hydrogen) atoms. The third-order valence-electron chi connectivity index (χ3n) is 5.25. The molecule has 164 valence electrons. The first kappa shape index (κ1) is 24.6. The lowest BCUT2D eigenvalue weighted by Crippen LogP contribution is -2.46. The number of nitrogens with zero attached hydrogens (tertiary/aromatic N) is 2. The van der Waals surface area contributed by atoms with Gasteiger partial charge in [0.05, 0.1) is 12.2 Å². The molecule has 7 heteroatoms. The maximum atomic E-state index is 13.3. The second-order valence-corrected chi connectivity index (χ2v) is 7.24. The summed E-state index contributed by atoms with van der Waals surface area (Å²) in [5, 5.41) is 0. The minimum absolute atomic E-state index is 0. The maximum Gasteiger partial charge on any atom is 0.254 e. The Balaban J connectivity index is 0.00000171. The number of hydrogen-bond acceptors (Lipinski definition) is 3. The quantitative estimate of drug-likeness (QED) is 0.480. The number of rotatable bonds is 5. The molecule has 0 N–H and O–H groups in total. The summed E-state index contributed by atoms with van der Waals surface area (Å²) in [5.74, 6) is 0.447. The van der Waals surface area contributed by atoms with Gasteiger partial charge in [0.25, 0.3) is 5.91 Å². The molecule has 2 aromatic carbocycles. The number of piperidine rings is 1. The fraction of sp³-hybridized carbons (Fsp3) is 0.250. The summed E-state index contributed by atoms with van der Waals surface area (Å²) in [5.41, 5.74) is 2.42. The number of benzene rings is 2. The summed E-state index contributed by atoms with van der Waals surface area (Å²) in [7, 11) is 0. The molecular weight excluding hydrogens is 438 g/mol. The van der Waals surface area contributed by atoms with Gasteiger partial charge in [0, 0.05) is 18.3 Å². The molecule has 0 spiro atoms. The van der Waals surface area contributed by atoms with E-state index >= 15 is 0 Å². The Morgan fingerprint density at radius 2 is 1.84 bits per heavy atom. The van der Waals surface area contributed by atoms with Gasteiger partial charge in [-0.15, -0.1) is 24.8 Å². The molecule has 1 amide bonds. The van der Waals surface area contributed by atoms with Gasteiger partial charge in [-0.1, -0.05) is 24.3 Å². The Labute approximate surface area is 194 Å². The Bertz CT molecular complexity index is 971. The highest BCUT2D eigenvalue weighted by Gasteiger charge is 2.28. The number of halogens is 3. The van der Waals surface area contributed by atoms with Crippen LogP contribution < -0.4 is 4.74 Å². The van der Waals surface area contributed by atoms with Crippen molar-refractivity contribution in [3.63, 3.8) is 0 Å². The summed E-state index contributed by atoms with van der Waals surface area (Å²) in [6, 6.07) is 17.6. The lowest BCUT2D eigenvalue weighted by Gasteiger charge is -2.35. The molecule has 0 bridgehead atoms. The zero-order chi connectivity index (χ0) is 20.1. The van der Waals surface area contributed by atoms with Crippen LogP contribution in [0, 0.1) is 5.82 Å². The number of aromatic nitrogens is 1. The maximum absolute atomic E-state index is 13.3. The van der Waals surface area contributed by atoms with Crippen molar-refractivity contribution in [2.45, 2.75) is 25.3 Å². The van der Waals surface area contributed by atoms with Crippen molar-refractivity contribution in [1.29, 1.82) is 0 Å². The number of carbonyl (C=O) groups is 1. The number of likely N-dealkylation sites (tertiary alicyclic amines) is 1. The Kier molecular flexibility index (Phi) is 9.28. The van der Waals surface area contributed by atoms with Gasteiger partial charge in [-0.05, 0) is 66.8 Å². The van der Waals surface area contributed by atoms with E-state index < -0.39 is 0 Å². The average molecular weight is 463 g/mol. The topological polar surface area (TPSA) is 42.4 Å². The summed E-state index contributed by atoms with van der Waals surface area (Å²) >= 11 is 0. The number of pyridine rings is 1. The van der Waals surface area contributed by atoms with Gasteiger partial charge in [0.1, 0.15) is 18.2 Å². The Hall–Kier alpha value is -2.63. The van der Waals surface area contributed by atoms with Crippen LogP contribution in [0.1, 0.15) is 29.6 Å². The largest absolute Gasteiger partial charge is 0.490 e. The summed E-state index contributed by atoms with van der Waals surface area (Å²) < 4.78 is 19.1. The van der Waals surface area contributed by atoms with Crippen molar-refractivity contribution >= 4 is 30.7 Å². The average Bonchev–Trinajstić information content (AvgIpc) is 2.79. The fourth-order valence-corrected chi connectivity index (χ4v) is 3.71. The molecule has 1 unspecified atom stereocenters. The lowest BCUT2D eigenvalue weighted by molar-refractivity contribution is 0.0528. The predicted octanol–water partition coefficient (Wildman–Crippen LogP) is 5.81. The molecule has 4 rings (SSSR count). The van der Waals surface area contributed by atoms with E-state index in [1.807, 2.05) is 41.3 Å². The van der Waals surface area contributed by atoms with Crippen molar-refractivity contribution in [3.05, 3.63) is 84.4 Å². The second kappa shape index (κ2) is 11.7. The van der Waals surface area contributed by atoms with Gasteiger partial charge in [-0.25, -0.2) is 4.39 Å². The first-order valence-corrected chi connectivity index (χ1v) is 9.90. The molecule has 2 heterocycles. The first-order chi connectivity index (χ1) is 14.2. The normalized spacial score (nSPS) is 15.4. The highest BCUT2D eigenvalue weighted by molar-refractivity contribution is 5.95. The van der Waals surface area contributed by atoms with Crippen molar-refractivity contribution in [1.82, 2.24) is 9.88 Å². The molecule has 0 aliphatic carbocycles. The minimum Gasteiger partial charge on any atom is -0.490 e. The minimum atomic E-state index is -0.272. The smallest absolute Gasteiger partial charge is 0.254 e. The van der Waals surface area contributed by atoms with Gasteiger partial charge in [0.15, 0.2) is 0 Å². The first-order valence-electron chi connectivity index (χ1n) is 9.90. The van der Waals surface area contributed by atoms with Crippen molar-refractivity contribution in [3.8, 4) is 16.9 Å². The standard InChI is InChI=1S/C24H23FN2O2.2ClH/c25-21-11-9-18(10-12-21)19-5-3-6-20(15-19)24(28)27-14-2-1-7-22(27)17-29-23-8-4-13-26-16-23;;/h3-6,8-13,15-16,22H,1-2,7,14,17H2;2*1H. The molecule has 3 aromatic rings. The number of ether oxygens (including phenoxy) is 1. The third kappa shape index (κ3) is 6.18. The van der Waals surface area contributed by atoms with Crippen LogP contribution in [-0.2, 0) is 0 Å². The molecule has 0 radical (unpaired) electrons. The highest BCUT2D eigenvalue weighted by atomic mass is 35.5. The van der Waals surface area contributed by atoms with Crippen LogP contribution in [0.4, 0.5) is 4.39 Å². The van der Waals surface area contributed by atoms with E-state index in [0.29, 0.717) is 17.9 Å². The number of carbonyl (C=O) groups excluding carboxylic acids is 1. The van der Waals surface area contributed by atoms with E-state index in [-0.39, 0.29) is 42.6 Å².